The molecule has 0 bridgehead atoms. The molecule has 1 aromatic rings. The molecule has 3 nitrogen and oxygen atoms in total. The molecule has 3 heteroatoms. The summed E-state index contributed by atoms with van der Waals surface area (Å²) >= 11 is 0. The van der Waals surface area contributed by atoms with Crippen molar-refractivity contribution in [3.05, 3.63) is 35.9 Å². The molecule has 1 unspecified atom stereocenters. The molecule has 1 saturated heterocycles. The van der Waals surface area contributed by atoms with Gasteiger partial charge in [-0.2, -0.15) is 0 Å². The summed E-state index contributed by atoms with van der Waals surface area (Å²) < 4.78 is 0. The number of rotatable bonds is 4. The van der Waals surface area contributed by atoms with Crippen LogP contribution in [0.3, 0.4) is 0 Å². The predicted octanol–water partition coefficient (Wildman–Crippen LogP) is 1.39. The second kappa shape index (κ2) is 5.17. The van der Waals surface area contributed by atoms with E-state index in [1.54, 1.807) is 0 Å². The van der Waals surface area contributed by atoms with E-state index in [4.69, 9.17) is 0 Å². The van der Waals surface area contributed by atoms with Crippen LogP contribution in [-0.4, -0.2) is 39.9 Å². The van der Waals surface area contributed by atoms with Crippen molar-refractivity contribution in [2.75, 3.05) is 13.2 Å². The fourth-order valence-corrected chi connectivity index (χ4v) is 2.76. The summed E-state index contributed by atoms with van der Waals surface area (Å²) in [4.78, 5) is 2.22. The topological polar surface area (TPSA) is 43.7 Å². The van der Waals surface area contributed by atoms with Crippen LogP contribution in [0.1, 0.15) is 25.3 Å². The van der Waals surface area contributed by atoms with E-state index in [-0.39, 0.29) is 18.2 Å². The molecule has 0 spiro atoms. The van der Waals surface area contributed by atoms with E-state index in [1.807, 2.05) is 18.2 Å². The van der Waals surface area contributed by atoms with Gasteiger partial charge in [-0.05, 0) is 18.4 Å². The van der Waals surface area contributed by atoms with Crippen molar-refractivity contribution in [1.82, 2.24) is 4.90 Å². The third kappa shape index (κ3) is 2.51. The second-order valence-electron chi connectivity index (χ2n) is 4.96. The van der Waals surface area contributed by atoms with Crippen molar-refractivity contribution < 1.29 is 10.2 Å². The minimum atomic E-state index is -0.314. The van der Waals surface area contributed by atoms with Gasteiger partial charge in [0.05, 0.1) is 12.7 Å². The molecule has 17 heavy (non-hydrogen) atoms. The van der Waals surface area contributed by atoms with Crippen molar-refractivity contribution >= 4 is 0 Å². The Morgan fingerprint density at radius 3 is 2.65 bits per heavy atom. The second-order valence-corrected chi connectivity index (χ2v) is 4.96. The quantitative estimate of drug-likeness (QED) is 0.829. The van der Waals surface area contributed by atoms with Crippen molar-refractivity contribution in [2.24, 2.45) is 0 Å². The van der Waals surface area contributed by atoms with E-state index in [0.29, 0.717) is 13.0 Å². The van der Waals surface area contributed by atoms with Gasteiger partial charge in [0.15, 0.2) is 0 Å². The van der Waals surface area contributed by atoms with Crippen molar-refractivity contribution in [3.8, 4) is 0 Å². The molecule has 1 fully saturated rings. The smallest absolute Gasteiger partial charge is 0.0686 e. The van der Waals surface area contributed by atoms with Gasteiger partial charge in [-0.25, -0.2) is 0 Å². The van der Waals surface area contributed by atoms with E-state index in [1.165, 1.54) is 5.56 Å². The molecule has 0 amide bonds. The zero-order valence-electron chi connectivity index (χ0n) is 10.3. The third-order valence-corrected chi connectivity index (χ3v) is 3.89. The van der Waals surface area contributed by atoms with Crippen LogP contribution in [-0.2, 0) is 6.54 Å². The summed E-state index contributed by atoms with van der Waals surface area (Å²) in [5, 5.41) is 19.5. The first-order valence-electron chi connectivity index (χ1n) is 6.28. The normalized spacial score (nSPS) is 29.7. The number of hydrogen-bond acceptors (Lipinski definition) is 3. The molecular weight excluding hydrogens is 214 g/mol. The van der Waals surface area contributed by atoms with E-state index in [2.05, 4.69) is 24.0 Å². The highest BCUT2D eigenvalue weighted by molar-refractivity contribution is 5.16. The first-order valence-corrected chi connectivity index (χ1v) is 6.28. The Morgan fingerprint density at radius 1 is 1.35 bits per heavy atom. The zero-order valence-corrected chi connectivity index (χ0v) is 10.3. The maximum atomic E-state index is 9.82. The van der Waals surface area contributed by atoms with Gasteiger partial charge >= 0.3 is 0 Å². The zero-order chi connectivity index (χ0) is 12.3. The molecule has 1 aromatic carbocycles. The number of benzene rings is 1. The highest BCUT2D eigenvalue weighted by Gasteiger charge is 2.43. The van der Waals surface area contributed by atoms with Crippen LogP contribution in [0.2, 0.25) is 0 Å². The Bertz CT molecular complexity index is 348. The van der Waals surface area contributed by atoms with Gasteiger partial charge in [-0.3, -0.25) is 4.90 Å². The molecule has 2 rings (SSSR count). The highest BCUT2D eigenvalue weighted by atomic mass is 16.3. The van der Waals surface area contributed by atoms with Crippen LogP contribution in [0.15, 0.2) is 30.3 Å². The van der Waals surface area contributed by atoms with Crippen LogP contribution in [0, 0.1) is 0 Å². The Hall–Kier alpha value is -0.900. The largest absolute Gasteiger partial charge is 0.394 e. The molecule has 1 aliphatic heterocycles. The van der Waals surface area contributed by atoms with Crippen molar-refractivity contribution in [2.45, 2.75) is 38.0 Å². The SMILES string of the molecule is CCC1(CO)C[C@@H](O)CN1Cc1ccccc1. The molecule has 0 aliphatic carbocycles. The molecule has 0 saturated carbocycles. The first kappa shape index (κ1) is 12.6. The summed E-state index contributed by atoms with van der Waals surface area (Å²) in [5.74, 6) is 0. The van der Waals surface area contributed by atoms with Gasteiger partial charge in [0.25, 0.3) is 0 Å². The van der Waals surface area contributed by atoms with Crippen LogP contribution >= 0.6 is 0 Å². The number of β-amino-alcohol motifs (C(OH)–C–C–N with tert-alkyl or cyclic N) is 1. The summed E-state index contributed by atoms with van der Waals surface area (Å²) in [6.07, 6.45) is 1.23. The van der Waals surface area contributed by atoms with Crippen LogP contribution in [0.25, 0.3) is 0 Å². The van der Waals surface area contributed by atoms with Crippen LogP contribution < -0.4 is 0 Å². The van der Waals surface area contributed by atoms with E-state index in [0.717, 1.165) is 13.0 Å². The maximum Gasteiger partial charge on any atom is 0.0686 e. The lowest BCUT2D eigenvalue weighted by Crippen LogP contribution is -2.45. The Labute approximate surface area is 103 Å². The van der Waals surface area contributed by atoms with E-state index < -0.39 is 0 Å². The van der Waals surface area contributed by atoms with Gasteiger partial charge in [-0.15, -0.1) is 0 Å². The lowest BCUT2D eigenvalue weighted by atomic mass is 9.93. The van der Waals surface area contributed by atoms with Crippen molar-refractivity contribution in [1.29, 1.82) is 0 Å². The van der Waals surface area contributed by atoms with E-state index >= 15 is 0 Å². The molecular formula is C14H21NO2. The Morgan fingerprint density at radius 2 is 2.06 bits per heavy atom. The Kier molecular flexibility index (Phi) is 3.82. The summed E-state index contributed by atoms with van der Waals surface area (Å²) in [6.45, 7) is 3.65. The molecule has 1 heterocycles. The van der Waals surface area contributed by atoms with Crippen molar-refractivity contribution in [3.63, 3.8) is 0 Å². The fraction of sp³-hybridized carbons (Fsp3) is 0.571. The predicted molar refractivity (Wildman–Crippen MR) is 67.6 cm³/mol. The summed E-state index contributed by atoms with van der Waals surface area (Å²) in [7, 11) is 0. The molecule has 0 aromatic heterocycles. The van der Waals surface area contributed by atoms with Gasteiger partial charge in [-0.1, -0.05) is 37.3 Å². The van der Waals surface area contributed by atoms with Gasteiger partial charge in [0.2, 0.25) is 0 Å². The Balaban J connectivity index is 2.14. The molecule has 0 radical (unpaired) electrons. The lowest BCUT2D eigenvalue weighted by Gasteiger charge is -2.36. The van der Waals surface area contributed by atoms with E-state index in [9.17, 15) is 10.2 Å². The third-order valence-electron chi connectivity index (χ3n) is 3.89. The van der Waals surface area contributed by atoms with Gasteiger partial charge in [0, 0.05) is 18.6 Å². The van der Waals surface area contributed by atoms with Crippen LogP contribution in [0.4, 0.5) is 0 Å². The average Bonchev–Trinajstić information content (AvgIpc) is 2.67. The maximum absolute atomic E-state index is 9.82. The molecule has 94 valence electrons. The number of hydrogen-bond donors (Lipinski definition) is 2. The molecule has 2 N–H and O–H groups in total. The summed E-state index contributed by atoms with van der Waals surface area (Å²) in [6, 6.07) is 10.2. The number of aliphatic hydroxyl groups is 2. The fourth-order valence-electron chi connectivity index (χ4n) is 2.76. The average molecular weight is 235 g/mol. The number of nitrogens with zero attached hydrogens (tertiary/aromatic N) is 1. The van der Waals surface area contributed by atoms with Gasteiger partial charge in [0.1, 0.15) is 0 Å². The minimum Gasteiger partial charge on any atom is -0.394 e. The minimum absolute atomic E-state index is 0.118. The number of likely N-dealkylation sites (tertiary alicyclic amines) is 1. The number of aliphatic hydroxyl groups excluding tert-OH is 2. The highest BCUT2D eigenvalue weighted by Crippen LogP contribution is 2.33. The first-order chi connectivity index (χ1) is 8.20. The molecule has 2 atom stereocenters. The monoisotopic (exact) mass is 235 g/mol. The summed E-state index contributed by atoms with van der Waals surface area (Å²) in [5.41, 5.74) is 0.989. The molecule has 1 aliphatic rings. The van der Waals surface area contributed by atoms with Gasteiger partial charge < -0.3 is 10.2 Å². The van der Waals surface area contributed by atoms with Crippen LogP contribution in [0.5, 0.6) is 0 Å². The standard InChI is InChI=1S/C14H21NO2/c1-2-14(11-16)8-13(17)10-15(14)9-12-6-4-3-5-7-12/h3-7,13,16-17H,2,8-11H2,1H3/t13-,14?/m1/s1. The lowest BCUT2D eigenvalue weighted by molar-refractivity contribution is 0.0548.